The Morgan fingerprint density at radius 3 is 2.85 bits per heavy atom. The number of likely N-dealkylation sites (tertiary alicyclic amines) is 1. The van der Waals surface area contributed by atoms with Crippen LogP contribution >= 0.6 is 0 Å². The maximum Gasteiger partial charge on any atom is 0.257 e. The highest BCUT2D eigenvalue weighted by molar-refractivity contribution is 5.95. The summed E-state index contributed by atoms with van der Waals surface area (Å²) in [5.41, 5.74) is 2.49. The molecule has 0 N–H and O–H groups in total. The minimum Gasteiger partial charge on any atom is -0.338 e. The van der Waals surface area contributed by atoms with Crippen molar-refractivity contribution in [3.8, 4) is 0 Å². The van der Waals surface area contributed by atoms with Crippen LogP contribution in [0.4, 0.5) is 0 Å². The first-order valence-corrected chi connectivity index (χ1v) is 9.18. The molecule has 0 saturated carbocycles. The van der Waals surface area contributed by atoms with Gasteiger partial charge in [0.2, 0.25) is 0 Å². The molecule has 0 aromatic carbocycles. The minimum atomic E-state index is 0.00467. The summed E-state index contributed by atoms with van der Waals surface area (Å²) in [4.78, 5) is 31.7. The van der Waals surface area contributed by atoms with Gasteiger partial charge in [0.25, 0.3) is 5.91 Å². The Morgan fingerprint density at radius 2 is 2.04 bits per heavy atom. The molecule has 1 amide bonds. The molecule has 27 heavy (non-hydrogen) atoms. The van der Waals surface area contributed by atoms with Crippen LogP contribution in [0, 0.1) is 6.92 Å². The van der Waals surface area contributed by atoms with Gasteiger partial charge in [-0.2, -0.15) is 0 Å². The minimum absolute atomic E-state index is 0.00467. The fourth-order valence-electron chi connectivity index (χ4n) is 3.64. The van der Waals surface area contributed by atoms with Crippen molar-refractivity contribution in [3.05, 3.63) is 72.1 Å². The van der Waals surface area contributed by atoms with Crippen molar-refractivity contribution in [1.82, 2.24) is 29.4 Å². The molecular weight excluding hydrogens is 340 g/mol. The Hall–Kier alpha value is -3.09. The maximum absolute atomic E-state index is 12.9. The van der Waals surface area contributed by atoms with Crippen LogP contribution < -0.4 is 0 Å². The summed E-state index contributed by atoms with van der Waals surface area (Å²) in [6, 6.07) is 4.03. The third-order valence-electron chi connectivity index (χ3n) is 5.07. The van der Waals surface area contributed by atoms with Crippen LogP contribution in [-0.4, -0.2) is 48.4 Å². The van der Waals surface area contributed by atoms with Crippen LogP contribution in [0.5, 0.6) is 0 Å². The van der Waals surface area contributed by atoms with E-state index in [1.807, 2.05) is 36.4 Å². The van der Waals surface area contributed by atoms with Gasteiger partial charge < -0.3 is 9.47 Å². The zero-order valence-corrected chi connectivity index (χ0v) is 15.3. The largest absolute Gasteiger partial charge is 0.338 e. The topological polar surface area (TPSA) is 76.8 Å². The first-order valence-electron chi connectivity index (χ1n) is 9.18. The summed E-state index contributed by atoms with van der Waals surface area (Å²) in [6.07, 6.45) is 12.5. The van der Waals surface area contributed by atoms with E-state index in [1.165, 1.54) is 11.9 Å². The quantitative estimate of drug-likeness (QED) is 0.712. The van der Waals surface area contributed by atoms with Crippen LogP contribution in [0.25, 0.3) is 0 Å². The second-order valence-electron chi connectivity index (χ2n) is 6.88. The Labute approximate surface area is 158 Å². The lowest BCUT2D eigenvalue weighted by Gasteiger charge is -2.33. The number of aryl methyl sites for hydroxylation is 1. The van der Waals surface area contributed by atoms with E-state index in [0.717, 1.165) is 37.4 Å². The number of amides is 1. The number of carbonyl (C=O) groups excluding carboxylic acids is 1. The van der Waals surface area contributed by atoms with Gasteiger partial charge in [-0.1, -0.05) is 0 Å². The molecule has 0 aliphatic carbocycles. The first kappa shape index (κ1) is 17.3. The lowest BCUT2D eigenvalue weighted by Crippen LogP contribution is -2.40. The molecular formula is C20H22N6O. The third kappa shape index (κ3) is 3.72. The van der Waals surface area contributed by atoms with Crippen molar-refractivity contribution in [2.24, 2.45) is 0 Å². The molecule has 1 aliphatic rings. The molecule has 0 radical (unpaired) electrons. The molecule has 1 fully saturated rings. The summed E-state index contributed by atoms with van der Waals surface area (Å²) in [7, 11) is 0. The average molecular weight is 362 g/mol. The van der Waals surface area contributed by atoms with Gasteiger partial charge in [0.1, 0.15) is 12.2 Å². The number of hydrogen-bond acceptors (Lipinski definition) is 5. The van der Waals surface area contributed by atoms with E-state index in [-0.39, 0.29) is 11.8 Å². The Balaban J connectivity index is 1.52. The van der Waals surface area contributed by atoms with E-state index in [2.05, 4.69) is 24.5 Å². The van der Waals surface area contributed by atoms with E-state index in [0.29, 0.717) is 12.1 Å². The third-order valence-corrected chi connectivity index (χ3v) is 5.07. The summed E-state index contributed by atoms with van der Waals surface area (Å²) < 4.78 is 2.17. The summed E-state index contributed by atoms with van der Waals surface area (Å²) in [5.74, 6) is 1.26. The van der Waals surface area contributed by atoms with Crippen molar-refractivity contribution >= 4 is 5.91 Å². The Kier molecular flexibility index (Phi) is 4.91. The van der Waals surface area contributed by atoms with Crippen LogP contribution in [0.1, 0.15) is 46.2 Å². The zero-order valence-electron chi connectivity index (χ0n) is 15.3. The van der Waals surface area contributed by atoms with Gasteiger partial charge in [0.15, 0.2) is 0 Å². The van der Waals surface area contributed by atoms with E-state index in [9.17, 15) is 4.79 Å². The number of rotatable bonds is 4. The zero-order chi connectivity index (χ0) is 18.6. The lowest BCUT2D eigenvalue weighted by molar-refractivity contribution is 0.0701. The van der Waals surface area contributed by atoms with Crippen LogP contribution in [0.2, 0.25) is 0 Å². The Morgan fingerprint density at radius 1 is 1.19 bits per heavy atom. The maximum atomic E-state index is 12.9. The van der Waals surface area contributed by atoms with Gasteiger partial charge in [-0.15, -0.1) is 0 Å². The highest BCUT2D eigenvalue weighted by atomic mass is 16.2. The molecule has 1 aliphatic heterocycles. The molecule has 0 spiro atoms. The summed E-state index contributed by atoms with van der Waals surface area (Å²) in [5, 5.41) is 0. The normalized spacial score (nSPS) is 17.1. The highest BCUT2D eigenvalue weighted by Gasteiger charge is 2.28. The van der Waals surface area contributed by atoms with Gasteiger partial charge >= 0.3 is 0 Å². The fraction of sp³-hybridized carbons (Fsp3) is 0.350. The molecule has 7 nitrogen and oxygen atoms in total. The number of pyridine rings is 1. The smallest absolute Gasteiger partial charge is 0.257 e. The van der Waals surface area contributed by atoms with Gasteiger partial charge in [0, 0.05) is 56.5 Å². The van der Waals surface area contributed by atoms with Crippen LogP contribution in [0.3, 0.4) is 0 Å². The molecule has 1 atom stereocenters. The standard InChI is InChI=1S/C20H22N6O/c1-15-18(11-22-14-24-15)20(27)26-9-2-3-17(13-26)19-23-8-10-25(19)12-16-4-6-21-7-5-16/h4-8,10-11,14,17H,2-3,9,12-13H2,1H3/t17-/m0/s1. The van der Waals surface area contributed by atoms with E-state index < -0.39 is 0 Å². The summed E-state index contributed by atoms with van der Waals surface area (Å²) >= 11 is 0. The summed E-state index contributed by atoms with van der Waals surface area (Å²) in [6.45, 7) is 4.03. The molecule has 0 bridgehead atoms. The van der Waals surface area contributed by atoms with Gasteiger partial charge in [0.05, 0.1) is 11.3 Å². The predicted octanol–water partition coefficient (Wildman–Crippen LogP) is 2.44. The number of aromatic nitrogens is 5. The molecule has 4 rings (SSSR count). The van der Waals surface area contributed by atoms with Crippen molar-refractivity contribution in [2.75, 3.05) is 13.1 Å². The highest BCUT2D eigenvalue weighted by Crippen LogP contribution is 2.27. The van der Waals surface area contributed by atoms with E-state index in [1.54, 1.807) is 18.6 Å². The van der Waals surface area contributed by atoms with Gasteiger partial charge in [-0.3, -0.25) is 9.78 Å². The van der Waals surface area contributed by atoms with E-state index >= 15 is 0 Å². The SMILES string of the molecule is Cc1ncncc1C(=O)N1CCC[C@H](c2nccn2Cc2ccncc2)C1. The molecule has 138 valence electrons. The number of imidazole rings is 1. The van der Waals surface area contributed by atoms with E-state index in [4.69, 9.17) is 0 Å². The fourth-order valence-corrected chi connectivity index (χ4v) is 3.64. The van der Waals surface area contributed by atoms with Crippen molar-refractivity contribution in [1.29, 1.82) is 0 Å². The van der Waals surface area contributed by atoms with Crippen LogP contribution in [-0.2, 0) is 6.54 Å². The molecule has 4 heterocycles. The number of piperidine rings is 1. The van der Waals surface area contributed by atoms with Crippen molar-refractivity contribution in [2.45, 2.75) is 32.2 Å². The molecule has 0 unspecified atom stereocenters. The first-order chi connectivity index (χ1) is 13.2. The second-order valence-corrected chi connectivity index (χ2v) is 6.88. The number of hydrogen-bond donors (Lipinski definition) is 0. The Bertz CT molecular complexity index is 923. The lowest BCUT2D eigenvalue weighted by atomic mass is 9.96. The van der Waals surface area contributed by atoms with Crippen molar-refractivity contribution < 1.29 is 4.79 Å². The number of nitrogens with zero attached hydrogens (tertiary/aromatic N) is 6. The molecule has 7 heteroatoms. The predicted molar refractivity (Wildman–Crippen MR) is 100 cm³/mol. The molecule has 1 saturated heterocycles. The monoisotopic (exact) mass is 362 g/mol. The average Bonchev–Trinajstić information content (AvgIpc) is 3.17. The number of carbonyl (C=O) groups is 1. The van der Waals surface area contributed by atoms with Crippen LogP contribution in [0.15, 0.2) is 49.4 Å². The molecule has 3 aromatic heterocycles. The second kappa shape index (κ2) is 7.65. The van der Waals surface area contributed by atoms with Gasteiger partial charge in [-0.05, 0) is 37.5 Å². The molecule has 3 aromatic rings. The van der Waals surface area contributed by atoms with Gasteiger partial charge in [-0.25, -0.2) is 15.0 Å². The van der Waals surface area contributed by atoms with Crippen molar-refractivity contribution in [3.63, 3.8) is 0 Å².